The van der Waals surface area contributed by atoms with Crippen LogP contribution >= 0.6 is 0 Å². The highest BCUT2D eigenvalue weighted by Gasteiger charge is 2.20. The van der Waals surface area contributed by atoms with E-state index in [0.29, 0.717) is 13.1 Å². The summed E-state index contributed by atoms with van der Waals surface area (Å²) in [7, 11) is 0. The van der Waals surface area contributed by atoms with Crippen molar-refractivity contribution in [1.29, 1.82) is 5.26 Å². The quantitative estimate of drug-likeness (QED) is 0.461. The van der Waals surface area contributed by atoms with Crippen LogP contribution in [0, 0.1) is 11.3 Å². The minimum Gasteiger partial charge on any atom is -0.346 e. The highest BCUT2D eigenvalue weighted by molar-refractivity contribution is 5.97. The van der Waals surface area contributed by atoms with Crippen molar-refractivity contribution in [2.75, 3.05) is 24.5 Å². The van der Waals surface area contributed by atoms with Crippen LogP contribution in [0.1, 0.15) is 12.0 Å². The van der Waals surface area contributed by atoms with Crippen molar-refractivity contribution in [3.63, 3.8) is 0 Å². The third-order valence-electron chi connectivity index (χ3n) is 3.77. The van der Waals surface area contributed by atoms with E-state index >= 15 is 0 Å². The number of hydrogen-bond donors (Lipinski definition) is 0. The van der Waals surface area contributed by atoms with E-state index in [9.17, 15) is 10.1 Å². The van der Waals surface area contributed by atoms with Gasteiger partial charge in [0.2, 0.25) is 0 Å². The zero-order valence-corrected chi connectivity index (χ0v) is 13.2. The summed E-state index contributed by atoms with van der Waals surface area (Å²) >= 11 is 0. The van der Waals surface area contributed by atoms with Crippen LogP contribution in [-0.4, -0.2) is 30.4 Å². The Bertz CT molecular complexity index is 659. The first kappa shape index (κ1) is 16.6. The molecule has 0 saturated carbocycles. The Labute approximate surface area is 137 Å². The molecule has 4 heteroatoms. The van der Waals surface area contributed by atoms with Gasteiger partial charge in [0, 0.05) is 31.5 Å². The summed E-state index contributed by atoms with van der Waals surface area (Å²) < 4.78 is 0. The maximum Gasteiger partial charge on any atom is 0.266 e. The lowest BCUT2D eigenvalue weighted by molar-refractivity contribution is -0.125. The lowest BCUT2D eigenvalue weighted by Gasteiger charge is -2.29. The van der Waals surface area contributed by atoms with E-state index in [1.165, 1.54) is 5.56 Å². The van der Waals surface area contributed by atoms with Crippen molar-refractivity contribution in [1.82, 2.24) is 4.90 Å². The first-order valence-electron chi connectivity index (χ1n) is 7.68. The van der Waals surface area contributed by atoms with Crippen LogP contribution in [-0.2, 0) is 11.2 Å². The Balaban J connectivity index is 2.29. The average Bonchev–Trinajstić information content (AvgIpc) is 2.59. The molecule has 1 heterocycles. The number of benzene rings is 1. The second kappa shape index (κ2) is 8.00. The van der Waals surface area contributed by atoms with Gasteiger partial charge in [0.25, 0.3) is 5.91 Å². The third-order valence-corrected chi connectivity index (χ3v) is 3.77. The molecular weight excluding hydrogens is 286 g/mol. The molecule has 0 unspecified atom stereocenters. The smallest absolute Gasteiger partial charge is 0.266 e. The van der Waals surface area contributed by atoms with Gasteiger partial charge in [-0.3, -0.25) is 4.79 Å². The lowest BCUT2D eigenvalue weighted by Crippen LogP contribution is -2.33. The molecule has 0 spiro atoms. The molecule has 2 rings (SSSR count). The maximum atomic E-state index is 12.6. The van der Waals surface area contributed by atoms with Crippen LogP contribution in [0.2, 0.25) is 0 Å². The van der Waals surface area contributed by atoms with E-state index in [4.69, 9.17) is 0 Å². The number of para-hydroxylation sites is 1. The fraction of sp³-hybridized carbons (Fsp3) is 0.263. The first-order valence-corrected chi connectivity index (χ1v) is 7.68. The Kier molecular flexibility index (Phi) is 5.76. The number of carbonyl (C=O) groups is 1. The molecule has 0 aliphatic carbocycles. The fourth-order valence-corrected chi connectivity index (χ4v) is 2.71. The van der Waals surface area contributed by atoms with Gasteiger partial charge in [-0.25, -0.2) is 0 Å². The van der Waals surface area contributed by atoms with Gasteiger partial charge in [-0.2, -0.15) is 5.26 Å². The summed E-state index contributed by atoms with van der Waals surface area (Å²) in [5, 5.41) is 9.42. The predicted octanol–water partition coefficient (Wildman–Crippen LogP) is 3.05. The monoisotopic (exact) mass is 307 g/mol. The molecule has 0 aromatic heterocycles. The van der Waals surface area contributed by atoms with E-state index in [1.54, 1.807) is 23.3 Å². The van der Waals surface area contributed by atoms with Crippen molar-refractivity contribution in [3.05, 3.63) is 66.9 Å². The van der Waals surface area contributed by atoms with Gasteiger partial charge in [0.05, 0.1) is 0 Å². The SMILES string of the molecule is C=CCN(CC=C)C(=O)/C(C#N)=C\N1CCCc2ccccc21. The molecule has 118 valence electrons. The molecule has 0 atom stereocenters. The maximum absolute atomic E-state index is 12.6. The lowest BCUT2D eigenvalue weighted by atomic mass is 10.0. The Hall–Kier alpha value is -2.80. The molecule has 0 fully saturated rings. The van der Waals surface area contributed by atoms with Crippen molar-refractivity contribution < 1.29 is 4.79 Å². The second-order valence-electron chi connectivity index (χ2n) is 5.37. The Morgan fingerprint density at radius 3 is 2.65 bits per heavy atom. The number of amides is 1. The number of hydrogen-bond acceptors (Lipinski definition) is 3. The Morgan fingerprint density at radius 2 is 2.00 bits per heavy atom. The van der Waals surface area contributed by atoms with Gasteiger partial charge in [0.15, 0.2) is 0 Å². The van der Waals surface area contributed by atoms with Crippen molar-refractivity contribution >= 4 is 11.6 Å². The molecule has 1 amide bonds. The van der Waals surface area contributed by atoms with Crippen molar-refractivity contribution in [2.45, 2.75) is 12.8 Å². The normalized spacial score (nSPS) is 13.7. The van der Waals surface area contributed by atoms with Crippen LogP contribution in [0.15, 0.2) is 61.3 Å². The highest BCUT2D eigenvalue weighted by Crippen LogP contribution is 2.27. The van der Waals surface area contributed by atoms with E-state index in [0.717, 1.165) is 25.1 Å². The molecule has 1 aliphatic heterocycles. The van der Waals surface area contributed by atoms with Gasteiger partial charge >= 0.3 is 0 Å². The van der Waals surface area contributed by atoms with Crippen molar-refractivity contribution in [2.24, 2.45) is 0 Å². The molecule has 1 aliphatic rings. The minimum absolute atomic E-state index is 0.130. The topological polar surface area (TPSA) is 47.3 Å². The number of fused-ring (bicyclic) bond motifs is 1. The standard InChI is InChI=1S/C19H21N3O/c1-3-11-21(12-4-2)19(23)17(14-20)15-22-13-7-9-16-8-5-6-10-18(16)22/h3-6,8,10,15H,1-2,7,9,11-13H2/b17-15-. The van der Waals surface area contributed by atoms with Crippen LogP contribution in [0.4, 0.5) is 5.69 Å². The van der Waals surface area contributed by atoms with E-state index in [2.05, 4.69) is 19.2 Å². The summed E-state index contributed by atoms with van der Waals surface area (Å²) in [6.07, 6.45) is 6.98. The van der Waals surface area contributed by atoms with Gasteiger partial charge in [-0.15, -0.1) is 13.2 Å². The van der Waals surface area contributed by atoms with Gasteiger partial charge in [-0.1, -0.05) is 30.4 Å². The number of nitriles is 1. The Morgan fingerprint density at radius 1 is 1.30 bits per heavy atom. The average molecular weight is 307 g/mol. The molecule has 23 heavy (non-hydrogen) atoms. The number of carbonyl (C=O) groups excluding carboxylic acids is 1. The van der Waals surface area contributed by atoms with Gasteiger partial charge < -0.3 is 9.80 Å². The van der Waals surface area contributed by atoms with Gasteiger partial charge in [-0.05, 0) is 24.5 Å². The van der Waals surface area contributed by atoms with Crippen LogP contribution in [0.3, 0.4) is 0 Å². The first-order chi connectivity index (χ1) is 11.2. The van der Waals surface area contributed by atoms with E-state index in [1.807, 2.05) is 29.2 Å². The predicted molar refractivity (Wildman–Crippen MR) is 92.8 cm³/mol. The number of rotatable bonds is 6. The second-order valence-corrected chi connectivity index (χ2v) is 5.37. The summed E-state index contributed by atoms with van der Waals surface area (Å²) in [5.41, 5.74) is 2.44. The molecule has 0 bridgehead atoms. The summed E-state index contributed by atoms with van der Waals surface area (Å²) in [6.45, 7) is 8.89. The van der Waals surface area contributed by atoms with Crippen molar-refractivity contribution in [3.8, 4) is 6.07 Å². The zero-order valence-electron chi connectivity index (χ0n) is 13.2. The molecule has 4 nitrogen and oxygen atoms in total. The molecule has 1 aromatic rings. The number of anilines is 1. The fourth-order valence-electron chi connectivity index (χ4n) is 2.71. The minimum atomic E-state index is -0.296. The zero-order chi connectivity index (χ0) is 16.7. The summed E-state index contributed by atoms with van der Waals surface area (Å²) in [6, 6.07) is 10.1. The summed E-state index contributed by atoms with van der Waals surface area (Å²) in [4.78, 5) is 16.1. The van der Waals surface area contributed by atoms with E-state index < -0.39 is 0 Å². The van der Waals surface area contributed by atoms with E-state index in [-0.39, 0.29) is 11.5 Å². The molecule has 1 aromatic carbocycles. The van der Waals surface area contributed by atoms with Crippen LogP contribution in [0.5, 0.6) is 0 Å². The number of aryl methyl sites for hydroxylation is 1. The molecular formula is C19H21N3O. The summed E-state index contributed by atoms with van der Waals surface area (Å²) in [5.74, 6) is -0.296. The molecule has 0 N–H and O–H groups in total. The number of nitrogens with zero attached hydrogens (tertiary/aromatic N) is 3. The largest absolute Gasteiger partial charge is 0.346 e. The van der Waals surface area contributed by atoms with Gasteiger partial charge in [0.1, 0.15) is 11.6 Å². The van der Waals surface area contributed by atoms with Crippen LogP contribution < -0.4 is 4.90 Å². The molecule has 0 saturated heterocycles. The van der Waals surface area contributed by atoms with Crippen LogP contribution in [0.25, 0.3) is 0 Å². The third kappa shape index (κ3) is 3.89. The highest BCUT2D eigenvalue weighted by atomic mass is 16.2. The molecule has 0 radical (unpaired) electrons.